The SMILES string of the molecule is CCOC(=O)CC1CCCCCc2[nH]c3cc(OCc4csc(C)n4)ccc3c21. The lowest BCUT2D eigenvalue weighted by Gasteiger charge is -2.20. The zero-order chi connectivity index (χ0) is 20.2. The predicted octanol–water partition coefficient (Wildman–Crippen LogP) is 5.67. The molecule has 1 aliphatic rings. The van der Waals surface area contributed by atoms with Crippen molar-refractivity contribution in [3.8, 4) is 5.75 Å². The number of thiazole rings is 1. The second-order valence-corrected chi connectivity index (χ2v) is 8.74. The van der Waals surface area contributed by atoms with Crippen LogP contribution in [0.2, 0.25) is 0 Å². The van der Waals surface area contributed by atoms with Crippen LogP contribution >= 0.6 is 11.3 Å². The Morgan fingerprint density at radius 3 is 3.00 bits per heavy atom. The van der Waals surface area contributed by atoms with E-state index in [0.717, 1.165) is 41.2 Å². The Bertz CT molecular complexity index is 991. The summed E-state index contributed by atoms with van der Waals surface area (Å²) in [5.74, 6) is 0.944. The smallest absolute Gasteiger partial charge is 0.306 e. The van der Waals surface area contributed by atoms with Crippen LogP contribution < -0.4 is 4.74 Å². The first-order valence-corrected chi connectivity index (χ1v) is 11.4. The quantitative estimate of drug-likeness (QED) is 0.530. The van der Waals surface area contributed by atoms with Crippen molar-refractivity contribution >= 4 is 28.2 Å². The number of esters is 1. The third-order valence-electron chi connectivity index (χ3n) is 5.55. The van der Waals surface area contributed by atoms with Crippen LogP contribution in [0.4, 0.5) is 0 Å². The Kier molecular flexibility index (Phi) is 6.19. The molecule has 0 amide bonds. The number of H-pyrrole nitrogens is 1. The number of carbonyl (C=O) groups is 1. The molecular weight excluding hydrogens is 384 g/mol. The molecule has 0 fully saturated rings. The average Bonchev–Trinajstić information content (AvgIpc) is 3.26. The molecule has 2 aromatic heterocycles. The highest BCUT2D eigenvalue weighted by molar-refractivity contribution is 7.09. The van der Waals surface area contributed by atoms with E-state index in [2.05, 4.69) is 22.1 Å². The molecule has 0 spiro atoms. The largest absolute Gasteiger partial charge is 0.487 e. The second kappa shape index (κ2) is 8.99. The van der Waals surface area contributed by atoms with Gasteiger partial charge in [0.15, 0.2) is 0 Å². The lowest BCUT2D eigenvalue weighted by atomic mass is 9.85. The molecule has 4 rings (SSSR count). The molecule has 1 aromatic carbocycles. The number of aryl methyl sites for hydroxylation is 2. The number of aromatic amines is 1. The lowest BCUT2D eigenvalue weighted by molar-refractivity contribution is -0.143. The van der Waals surface area contributed by atoms with Crippen LogP contribution in [-0.4, -0.2) is 22.5 Å². The number of carbonyl (C=O) groups excluding carboxylic acids is 1. The van der Waals surface area contributed by atoms with Crippen LogP contribution in [0.3, 0.4) is 0 Å². The third kappa shape index (κ3) is 4.64. The molecule has 0 radical (unpaired) electrons. The van der Waals surface area contributed by atoms with Gasteiger partial charge in [0.05, 0.1) is 23.7 Å². The molecule has 1 aliphatic carbocycles. The van der Waals surface area contributed by atoms with Gasteiger partial charge in [0, 0.05) is 28.0 Å². The predicted molar refractivity (Wildman–Crippen MR) is 116 cm³/mol. The number of nitrogens with one attached hydrogen (secondary N) is 1. The number of benzene rings is 1. The molecule has 1 unspecified atom stereocenters. The summed E-state index contributed by atoms with van der Waals surface area (Å²) in [6, 6.07) is 6.23. The molecule has 5 nitrogen and oxygen atoms in total. The van der Waals surface area contributed by atoms with Crippen molar-refractivity contribution in [1.29, 1.82) is 0 Å². The summed E-state index contributed by atoms with van der Waals surface area (Å²) in [5.41, 5.74) is 4.61. The Morgan fingerprint density at radius 2 is 2.21 bits per heavy atom. The monoisotopic (exact) mass is 412 g/mol. The fourth-order valence-electron chi connectivity index (χ4n) is 4.28. The van der Waals surface area contributed by atoms with Crippen molar-refractivity contribution in [3.63, 3.8) is 0 Å². The van der Waals surface area contributed by atoms with Crippen molar-refractivity contribution in [3.05, 3.63) is 45.5 Å². The van der Waals surface area contributed by atoms with E-state index in [4.69, 9.17) is 9.47 Å². The minimum absolute atomic E-state index is 0.100. The minimum atomic E-state index is -0.100. The Balaban J connectivity index is 1.60. The highest BCUT2D eigenvalue weighted by Gasteiger charge is 2.25. The maximum absolute atomic E-state index is 12.2. The van der Waals surface area contributed by atoms with E-state index in [1.165, 1.54) is 29.5 Å². The molecule has 3 aromatic rings. The molecule has 0 bridgehead atoms. The van der Waals surface area contributed by atoms with E-state index in [1.807, 2.05) is 25.3 Å². The second-order valence-electron chi connectivity index (χ2n) is 7.68. The van der Waals surface area contributed by atoms with Crippen LogP contribution in [0.1, 0.15) is 66.9 Å². The molecule has 0 saturated heterocycles. The lowest BCUT2D eigenvalue weighted by Crippen LogP contribution is -2.13. The maximum Gasteiger partial charge on any atom is 0.306 e. The van der Waals surface area contributed by atoms with E-state index in [9.17, 15) is 4.79 Å². The summed E-state index contributed by atoms with van der Waals surface area (Å²) >= 11 is 1.64. The number of ether oxygens (including phenoxy) is 2. The van der Waals surface area contributed by atoms with Gasteiger partial charge in [-0.05, 0) is 56.7 Å². The Labute approximate surface area is 175 Å². The first-order valence-electron chi connectivity index (χ1n) is 10.5. The molecular formula is C23H28N2O3S. The fourth-order valence-corrected chi connectivity index (χ4v) is 4.88. The van der Waals surface area contributed by atoms with E-state index < -0.39 is 0 Å². The fraction of sp³-hybridized carbons (Fsp3) is 0.478. The van der Waals surface area contributed by atoms with Gasteiger partial charge in [-0.3, -0.25) is 4.79 Å². The summed E-state index contributed by atoms with van der Waals surface area (Å²) in [6.07, 6.45) is 6.05. The van der Waals surface area contributed by atoms with Crippen molar-refractivity contribution in [2.75, 3.05) is 6.61 Å². The molecule has 1 atom stereocenters. The van der Waals surface area contributed by atoms with Crippen LogP contribution in [0.5, 0.6) is 5.75 Å². The molecule has 154 valence electrons. The van der Waals surface area contributed by atoms with Gasteiger partial charge in [0.2, 0.25) is 0 Å². The van der Waals surface area contributed by atoms with Crippen LogP contribution in [0.15, 0.2) is 23.6 Å². The molecule has 6 heteroatoms. The molecule has 0 aliphatic heterocycles. The van der Waals surface area contributed by atoms with Gasteiger partial charge < -0.3 is 14.5 Å². The van der Waals surface area contributed by atoms with E-state index >= 15 is 0 Å². The molecule has 2 heterocycles. The standard InChI is InChI=1S/C23H28N2O3S/c1-3-27-22(26)11-16-7-5-4-6-8-20-23(16)19-10-9-18(12-21(19)25-20)28-13-17-14-29-15(2)24-17/h9-10,12,14,16,25H,3-8,11,13H2,1-2H3. The Morgan fingerprint density at radius 1 is 1.31 bits per heavy atom. The number of fused-ring (bicyclic) bond motifs is 3. The van der Waals surface area contributed by atoms with Gasteiger partial charge in [-0.25, -0.2) is 4.98 Å². The normalized spacial score (nSPS) is 16.8. The van der Waals surface area contributed by atoms with Gasteiger partial charge in [-0.15, -0.1) is 11.3 Å². The first-order chi connectivity index (χ1) is 14.1. The van der Waals surface area contributed by atoms with Crippen LogP contribution in [0.25, 0.3) is 10.9 Å². The summed E-state index contributed by atoms with van der Waals surface area (Å²) in [7, 11) is 0. The topological polar surface area (TPSA) is 64.2 Å². The summed E-state index contributed by atoms with van der Waals surface area (Å²) in [6.45, 7) is 4.77. The van der Waals surface area contributed by atoms with Gasteiger partial charge in [0.25, 0.3) is 0 Å². The maximum atomic E-state index is 12.2. The third-order valence-corrected chi connectivity index (χ3v) is 6.37. The van der Waals surface area contributed by atoms with Crippen molar-refractivity contribution in [2.24, 2.45) is 0 Å². The first kappa shape index (κ1) is 20.0. The number of hydrogen-bond donors (Lipinski definition) is 1. The summed E-state index contributed by atoms with van der Waals surface area (Å²) < 4.78 is 11.2. The summed E-state index contributed by atoms with van der Waals surface area (Å²) in [5, 5.41) is 4.29. The molecule has 0 saturated carbocycles. The zero-order valence-electron chi connectivity index (χ0n) is 17.1. The zero-order valence-corrected chi connectivity index (χ0v) is 17.9. The molecule has 1 N–H and O–H groups in total. The van der Waals surface area contributed by atoms with Crippen molar-refractivity contribution in [1.82, 2.24) is 9.97 Å². The van der Waals surface area contributed by atoms with Gasteiger partial charge in [-0.1, -0.05) is 12.8 Å². The number of hydrogen-bond acceptors (Lipinski definition) is 5. The van der Waals surface area contributed by atoms with E-state index in [0.29, 0.717) is 19.6 Å². The van der Waals surface area contributed by atoms with Crippen molar-refractivity contribution < 1.29 is 14.3 Å². The van der Waals surface area contributed by atoms with Crippen LogP contribution in [-0.2, 0) is 22.6 Å². The highest BCUT2D eigenvalue weighted by Crippen LogP contribution is 2.38. The Hall–Kier alpha value is -2.34. The van der Waals surface area contributed by atoms with Gasteiger partial charge in [0.1, 0.15) is 12.4 Å². The number of aromatic nitrogens is 2. The van der Waals surface area contributed by atoms with E-state index in [1.54, 1.807) is 11.3 Å². The van der Waals surface area contributed by atoms with Gasteiger partial charge >= 0.3 is 5.97 Å². The average molecular weight is 413 g/mol. The number of rotatable bonds is 6. The van der Waals surface area contributed by atoms with Gasteiger partial charge in [-0.2, -0.15) is 0 Å². The molecule has 29 heavy (non-hydrogen) atoms. The minimum Gasteiger partial charge on any atom is -0.487 e. The summed E-state index contributed by atoms with van der Waals surface area (Å²) in [4.78, 5) is 20.3. The van der Waals surface area contributed by atoms with Crippen LogP contribution in [0, 0.1) is 6.92 Å². The van der Waals surface area contributed by atoms with E-state index in [-0.39, 0.29) is 11.9 Å². The highest BCUT2D eigenvalue weighted by atomic mass is 32.1. The number of nitrogens with zero attached hydrogens (tertiary/aromatic N) is 1. The van der Waals surface area contributed by atoms with Crippen molar-refractivity contribution in [2.45, 2.75) is 64.9 Å².